The standard InChI is InChI=1S/C15H20F2O/c1-15(2)8-4-5-10(9-15)11-6-7-12(16)13(17)14(11)18-3/h6-7,10H,4-5,8-9H2,1-3H3. The molecule has 1 fully saturated rings. The molecule has 18 heavy (non-hydrogen) atoms. The third-order valence-electron chi connectivity index (χ3n) is 3.93. The molecule has 1 aromatic rings. The molecule has 1 nitrogen and oxygen atoms in total. The predicted molar refractivity (Wildman–Crippen MR) is 67.9 cm³/mol. The number of rotatable bonds is 2. The van der Waals surface area contributed by atoms with Crippen molar-refractivity contribution in [2.75, 3.05) is 7.11 Å². The van der Waals surface area contributed by atoms with Crippen molar-refractivity contribution in [2.24, 2.45) is 5.41 Å². The molecule has 0 amide bonds. The second-order valence-electron chi connectivity index (χ2n) is 5.94. The summed E-state index contributed by atoms with van der Waals surface area (Å²) in [6.45, 7) is 4.46. The average molecular weight is 254 g/mol. The van der Waals surface area contributed by atoms with E-state index in [1.54, 1.807) is 6.07 Å². The van der Waals surface area contributed by atoms with Gasteiger partial charge >= 0.3 is 0 Å². The van der Waals surface area contributed by atoms with Crippen LogP contribution >= 0.6 is 0 Å². The van der Waals surface area contributed by atoms with Gasteiger partial charge in [0.1, 0.15) is 0 Å². The van der Waals surface area contributed by atoms with E-state index in [1.807, 2.05) is 0 Å². The van der Waals surface area contributed by atoms with Crippen LogP contribution in [0.2, 0.25) is 0 Å². The Morgan fingerprint density at radius 2 is 2.00 bits per heavy atom. The smallest absolute Gasteiger partial charge is 0.200 e. The molecule has 1 aliphatic carbocycles. The van der Waals surface area contributed by atoms with Crippen LogP contribution in [0.1, 0.15) is 51.0 Å². The van der Waals surface area contributed by atoms with Crippen LogP contribution in [0, 0.1) is 17.0 Å². The molecule has 0 radical (unpaired) electrons. The van der Waals surface area contributed by atoms with Gasteiger partial charge in [0.2, 0.25) is 5.82 Å². The minimum atomic E-state index is -0.863. The average Bonchev–Trinajstić information content (AvgIpc) is 2.31. The Labute approximate surface area is 107 Å². The number of hydrogen-bond donors (Lipinski definition) is 0. The first kappa shape index (κ1) is 13.3. The van der Waals surface area contributed by atoms with Gasteiger partial charge in [-0.05, 0) is 36.7 Å². The lowest BCUT2D eigenvalue weighted by Gasteiger charge is -2.36. The fourth-order valence-corrected chi connectivity index (χ4v) is 3.04. The lowest BCUT2D eigenvalue weighted by atomic mass is 9.70. The van der Waals surface area contributed by atoms with Crippen LogP contribution in [0.3, 0.4) is 0 Å². The summed E-state index contributed by atoms with van der Waals surface area (Å²) >= 11 is 0. The van der Waals surface area contributed by atoms with Gasteiger partial charge < -0.3 is 4.74 Å². The third kappa shape index (κ3) is 2.50. The molecule has 0 saturated heterocycles. The van der Waals surface area contributed by atoms with E-state index in [0.717, 1.165) is 24.8 Å². The fourth-order valence-electron chi connectivity index (χ4n) is 3.04. The van der Waals surface area contributed by atoms with Crippen molar-refractivity contribution in [2.45, 2.75) is 45.4 Å². The van der Waals surface area contributed by atoms with E-state index in [-0.39, 0.29) is 17.1 Å². The predicted octanol–water partition coefficient (Wildman–Crippen LogP) is 4.66. The number of halogens is 2. The van der Waals surface area contributed by atoms with Gasteiger partial charge in [-0.25, -0.2) is 4.39 Å². The highest BCUT2D eigenvalue weighted by atomic mass is 19.2. The van der Waals surface area contributed by atoms with Crippen molar-refractivity contribution in [1.29, 1.82) is 0 Å². The van der Waals surface area contributed by atoms with Crippen molar-refractivity contribution in [3.05, 3.63) is 29.3 Å². The monoisotopic (exact) mass is 254 g/mol. The Bertz CT molecular complexity index is 440. The third-order valence-corrected chi connectivity index (χ3v) is 3.93. The maximum atomic E-state index is 13.7. The van der Waals surface area contributed by atoms with Crippen molar-refractivity contribution in [1.82, 2.24) is 0 Å². The molecule has 0 bridgehead atoms. The first-order chi connectivity index (χ1) is 8.44. The Morgan fingerprint density at radius 3 is 2.61 bits per heavy atom. The van der Waals surface area contributed by atoms with E-state index in [1.165, 1.54) is 19.6 Å². The molecule has 2 rings (SSSR count). The zero-order valence-corrected chi connectivity index (χ0v) is 11.2. The molecule has 3 heteroatoms. The van der Waals surface area contributed by atoms with Gasteiger partial charge in [0.15, 0.2) is 11.6 Å². The fraction of sp³-hybridized carbons (Fsp3) is 0.600. The Balaban J connectivity index is 2.36. The van der Waals surface area contributed by atoms with E-state index in [4.69, 9.17) is 4.74 Å². The summed E-state index contributed by atoms with van der Waals surface area (Å²) in [7, 11) is 1.40. The van der Waals surface area contributed by atoms with E-state index >= 15 is 0 Å². The molecule has 0 N–H and O–H groups in total. The zero-order chi connectivity index (χ0) is 13.3. The molecule has 1 aromatic carbocycles. The molecular formula is C15H20F2O. The summed E-state index contributed by atoms with van der Waals surface area (Å²) in [6.07, 6.45) is 4.33. The van der Waals surface area contributed by atoms with Crippen LogP contribution in [0.15, 0.2) is 12.1 Å². The second-order valence-corrected chi connectivity index (χ2v) is 5.94. The number of methoxy groups -OCH3 is 1. The van der Waals surface area contributed by atoms with Crippen molar-refractivity contribution in [3.63, 3.8) is 0 Å². The van der Waals surface area contributed by atoms with E-state index < -0.39 is 11.6 Å². The molecule has 100 valence electrons. The molecule has 0 spiro atoms. The molecule has 1 atom stereocenters. The maximum absolute atomic E-state index is 13.7. The summed E-state index contributed by atoms with van der Waals surface area (Å²) in [5.74, 6) is -1.36. The van der Waals surface area contributed by atoms with Crippen LogP contribution < -0.4 is 4.74 Å². The number of benzene rings is 1. The Morgan fingerprint density at radius 1 is 1.28 bits per heavy atom. The van der Waals surface area contributed by atoms with Crippen molar-refractivity contribution >= 4 is 0 Å². The first-order valence-corrected chi connectivity index (χ1v) is 6.46. The van der Waals surface area contributed by atoms with Gasteiger partial charge in [0.05, 0.1) is 7.11 Å². The number of hydrogen-bond acceptors (Lipinski definition) is 1. The van der Waals surface area contributed by atoms with Gasteiger partial charge in [-0.1, -0.05) is 26.3 Å². The zero-order valence-electron chi connectivity index (χ0n) is 11.2. The van der Waals surface area contributed by atoms with Gasteiger partial charge in [-0.3, -0.25) is 0 Å². The topological polar surface area (TPSA) is 9.23 Å². The van der Waals surface area contributed by atoms with E-state index in [0.29, 0.717) is 0 Å². The second kappa shape index (κ2) is 4.87. The highest BCUT2D eigenvalue weighted by molar-refractivity contribution is 5.38. The van der Waals surface area contributed by atoms with Gasteiger partial charge in [-0.15, -0.1) is 0 Å². The normalized spacial score (nSPS) is 22.8. The van der Waals surface area contributed by atoms with E-state index in [9.17, 15) is 8.78 Å². The molecule has 0 heterocycles. The minimum Gasteiger partial charge on any atom is -0.493 e. The lowest BCUT2D eigenvalue weighted by molar-refractivity contribution is 0.216. The SMILES string of the molecule is COc1c(C2CCCC(C)(C)C2)ccc(F)c1F. The molecule has 1 unspecified atom stereocenters. The number of ether oxygens (including phenoxy) is 1. The van der Waals surface area contributed by atoms with Gasteiger partial charge in [0.25, 0.3) is 0 Å². The van der Waals surface area contributed by atoms with Crippen LogP contribution in [0.25, 0.3) is 0 Å². The largest absolute Gasteiger partial charge is 0.493 e. The van der Waals surface area contributed by atoms with Crippen molar-refractivity contribution in [3.8, 4) is 5.75 Å². The molecule has 1 saturated carbocycles. The Hall–Kier alpha value is -1.12. The summed E-state index contributed by atoms with van der Waals surface area (Å²) in [4.78, 5) is 0. The molecular weight excluding hydrogens is 234 g/mol. The first-order valence-electron chi connectivity index (χ1n) is 6.46. The summed E-state index contributed by atoms with van der Waals surface area (Å²) in [5.41, 5.74) is 1.07. The maximum Gasteiger partial charge on any atom is 0.200 e. The minimum absolute atomic E-state index is 0.0812. The Kier molecular flexibility index (Phi) is 3.60. The van der Waals surface area contributed by atoms with Crippen LogP contribution in [0.5, 0.6) is 5.75 Å². The van der Waals surface area contributed by atoms with Gasteiger partial charge in [0, 0.05) is 5.56 Å². The highest BCUT2D eigenvalue weighted by Crippen LogP contribution is 2.46. The van der Waals surface area contributed by atoms with Gasteiger partial charge in [-0.2, -0.15) is 4.39 Å². The summed E-state index contributed by atoms with van der Waals surface area (Å²) < 4.78 is 32.0. The quantitative estimate of drug-likeness (QED) is 0.746. The van der Waals surface area contributed by atoms with Crippen molar-refractivity contribution < 1.29 is 13.5 Å². The lowest BCUT2D eigenvalue weighted by Crippen LogP contribution is -2.22. The molecule has 1 aliphatic rings. The molecule has 0 aromatic heterocycles. The van der Waals surface area contributed by atoms with Crippen LogP contribution in [-0.2, 0) is 0 Å². The molecule has 0 aliphatic heterocycles. The van der Waals surface area contributed by atoms with Crippen LogP contribution in [-0.4, -0.2) is 7.11 Å². The summed E-state index contributed by atoms with van der Waals surface area (Å²) in [5, 5.41) is 0. The highest BCUT2D eigenvalue weighted by Gasteiger charge is 2.31. The summed E-state index contributed by atoms with van der Waals surface area (Å²) in [6, 6.07) is 2.87. The van der Waals surface area contributed by atoms with Crippen LogP contribution in [0.4, 0.5) is 8.78 Å². The van der Waals surface area contributed by atoms with E-state index in [2.05, 4.69) is 13.8 Å².